The van der Waals surface area contributed by atoms with E-state index in [4.69, 9.17) is 0 Å². The van der Waals surface area contributed by atoms with Crippen molar-refractivity contribution in [2.75, 3.05) is 24.5 Å². The van der Waals surface area contributed by atoms with Gasteiger partial charge in [0.1, 0.15) is 5.82 Å². The Balaban J connectivity index is 1.26. The predicted molar refractivity (Wildman–Crippen MR) is 126 cm³/mol. The summed E-state index contributed by atoms with van der Waals surface area (Å²) in [4.78, 5) is 17.8. The van der Waals surface area contributed by atoms with Crippen molar-refractivity contribution < 1.29 is 9.18 Å². The molecule has 5 rings (SSSR count). The lowest BCUT2D eigenvalue weighted by molar-refractivity contribution is 0.243. The Kier molecular flexibility index (Phi) is 6.08. The van der Waals surface area contributed by atoms with Crippen LogP contribution in [0.15, 0.2) is 72.0 Å². The molecular formula is C27H30FN3O. The highest BCUT2D eigenvalue weighted by Crippen LogP contribution is 2.36. The minimum absolute atomic E-state index is 0.0243. The number of para-hydroxylation sites is 1. The molecule has 0 aromatic heterocycles. The zero-order valence-electron chi connectivity index (χ0n) is 18.4. The first kappa shape index (κ1) is 21.0. The zero-order chi connectivity index (χ0) is 21.9. The van der Waals surface area contributed by atoms with Gasteiger partial charge in [0.05, 0.1) is 5.69 Å². The fourth-order valence-corrected chi connectivity index (χ4v) is 5.09. The molecule has 3 aliphatic rings. The molecule has 2 aromatic rings. The van der Waals surface area contributed by atoms with Gasteiger partial charge in [0.25, 0.3) is 0 Å². The van der Waals surface area contributed by atoms with E-state index in [-0.39, 0.29) is 17.9 Å². The van der Waals surface area contributed by atoms with Crippen LogP contribution in [0.3, 0.4) is 0 Å². The van der Waals surface area contributed by atoms with Crippen LogP contribution in [-0.2, 0) is 12.8 Å². The first-order valence-corrected chi connectivity index (χ1v) is 11.7. The third-order valence-electron chi connectivity index (χ3n) is 6.85. The molecule has 1 N–H and O–H groups in total. The molecule has 1 saturated heterocycles. The molecule has 0 bridgehead atoms. The average Bonchev–Trinajstić information content (AvgIpc) is 3.18. The van der Waals surface area contributed by atoms with Gasteiger partial charge < -0.3 is 10.2 Å². The van der Waals surface area contributed by atoms with Gasteiger partial charge in [-0.1, -0.05) is 36.4 Å². The summed E-state index contributed by atoms with van der Waals surface area (Å²) in [7, 11) is 0. The van der Waals surface area contributed by atoms with E-state index in [0.29, 0.717) is 0 Å². The van der Waals surface area contributed by atoms with Crippen molar-refractivity contribution >= 4 is 11.7 Å². The first-order valence-electron chi connectivity index (χ1n) is 11.7. The van der Waals surface area contributed by atoms with Gasteiger partial charge >= 0.3 is 6.03 Å². The maximum Gasteiger partial charge on any atom is 0.326 e. The van der Waals surface area contributed by atoms with E-state index in [0.717, 1.165) is 75.1 Å². The molecule has 2 aromatic carbocycles. The molecule has 1 atom stereocenters. The van der Waals surface area contributed by atoms with Crippen LogP contribution in [0.4, 0.5) is 14.9 Å². The monoisotopic (exact) mass is 431 g/mol. The molecule has 0 spiro atoms. The van der Waals surface area contributed by atoms with Gasteiger partial charge in [-0.2, -0.15) is 0 Å². The highest BCUT2D eigenvalue weighted by molar-refractivity contribution is 5.97. The van der Waals surface area contributed by atoms with E-state index in [1.807, 2.05) is 23.1 Å². The van der Waals surface area contributed by atoms with Gasteiger partial charge in [0.2, 0.25) is 0 Å². The molecule has 5 heteroatoms. The molecule has 4 nitrogen and oxygen atoms in total. The Morgan fingerprint density at radius 2 is 1.91 bits per heavy atom. The minimum Gasteiger partial charge on any atom is -0.333 e. The quantitative estimate of drug-likeness (QED) is 0.721. The fraction of sp³-hybridized carbons (Fsp3) is 0.370. The number of allylic oxidation sites excluding steroid dienone is 3. The Morgan fingerprint density at radius 3 is 2.78 bits per heavy atom. The van der Waals surface area contributed by atoms with Crippen molar-refractivity contribution in [3.8, 4) is 0 Å². The second-order valence-corrected chi connectivity index (χ2v) is 9.01. The predicted octanol–water partition coefficient (Wildman–Crippen LogP) is 5.21. The summed E-state index contributed by atoms with van der Waals surface area (Å²) in [5.41, 5.74) is 5.82. The highest BCUT2D eigenvalue weighted by Gasteiger charge is 2.30. The van der Waals surface area contributed by atoms with Gasteiger partial charge in [-0.05, 0) is 79.5 Å². The molecular weight excluding hydrogens is 401 g/mol. The standard InChI is InChI=1S/C27H30FN3O/c28-23-13-9-20(10-14-23)15-17-30-18-16-24(19-30)29-27(32)31-25-7-3-1-5-21(25)11-12-22-6-2-4-8-26(22)31/h1,3-5,7-10,13-14,24H,2,6,11-12,15-19H2,(H,29,32)/t24-/m0/s1. The Hall–Kier alpha value is -2.92. The SMILES string of the molecule is O=C(N[C@H]1CCN(CCc2ccc(F)cc2)C1)N1C2=C(CCC=C2)CCc2ccccc21. The number of urea groups is 1. The average molecular weight is 432 g/mol. The van der Waals surface area contributed by atoms with E-state index in [1.54, 1.807) is 0 Å². The number of nitrogens with zero attached hydrogens (tertiary/aromatic N) is 2. The summed E-state index contributed by atoms with van der Waals surface area (Å²) in [5, 5.41) is 3.31. The van der Waals surface area contributed by atoms with Crippen LogP contribution in [-0.4, -0.2) is 36.6 Å². The molecule has 0 saturated carbocycles. The van der Waals surface area contributed by atoms with Crippen molar-refractivity contribution in [1.82, 2.24) is 10.2 Å². The third kappa shape index (κ3) is 4.49. The van der Waals surface area contributed by atoms with Crippen LogP contribution < -0.4 is 10.2 Å². The van der Waals surface area contributed by atoms with Crippen molar-refractivity contribution in [2.24, 2.45) is 0 Å². The van der Waals surface area contributed by atoms with Gasteiger partial charge in [-0.15, -0.1) is 0 Å². The number of carbonyl (C=O) groups is 1. The third-order valence-corrected chi connectivity index (χ3v) is 6.85. The second kappa shape index (κ2) is 9.29. The summed E-state index contributed by atoms with van der Waals surface area (Å²) in [6, 6.07) is 15.1. The largest absolute Gasteiger partial charge is 0.333 e. The van der Waals surface area contributed by atoms with Crippen molar-refractivity contribution in [2.45, 2.75) is 44.6 Å². The number of benzene rings is 2. The van der Waals surface area contributed by atoms with Crippen molar-refractivity contribution in [3.63, 3.8) is 0 Å². The molecule has 0 radical (unpaired) electrons. The van der Waals surface area contributed by atoms with E-state index in [2.05, 4.69) is 40.6 Å². The molecule has 2 amide bonds. The normalized spacial score (nSPS) is 20.7. The second-order valence-electron chi connectivity index (χ2n) is 9.01. The lowest BCUT2D eigenvalue weighted by atomic mass is 9.97. The van der Waals surface area contributed by atoms with Crippen LogP contribution in [0.5, 0.6) is 0 Å². The van der Waals surface area contributed by atoms with Crippen molar-refractivity contribution in [3.05, 3.63) is 88.9 Å². The topological polar surface area (TPSA) is 35.6 Å². The number of fused-ring (bicyclic) bond motifs is 1. The Morgan fingerprint density at radius 1 is 1.06 bits per heavy atom. The molecule has 2 aliphatic heterocycles. The van der Waals surface area contributed by atoms with Crippen LogP contribution in [0.2, 0.25) is 0 Å². The maximum absolute atomic E-state index is 13.5. The number of rotatable bonds is 4. The van der Waals surface area contributed by atoms with E-state index in [1.165, 1.54) is 23.3 Å². The number of nitrogens with one attached hydrogen (secondary N) is 1. The molecule has 2 heterocycles. The van der Waals surface area contributed by atoms with Gasteiger partial charge in [-0.25, -0.2) is 9.18 Å². The number of hydrogen-bond acceptors (Lipinski definition) is 2. The summed E-state index contributed by atoms with van der Waals surface area (Å²) in [5.74, 6) is -0.195. The summed E-state index contributed by atoms with van der Waals surface area (Å²) in [6.45, 7) is 2.74. The first-order chi connectivity index (χ1) is 15.7. The summed E-state index contributed by atoms with van der Waals surface area (Å²) >= 11 is 0. The van der Waals surface area contributed by atoms with E-state index in [9.17, 15) is 9.18 Å². The van der Waals surface area contributed by atoms with E-state index < -0.39 is 0 Å². The number of likely N-dealkylation sites (tertiary alicyclic amines) is 1. The van der Waals surface area contributed by atoms with Gasteiger partial charge in [0, 0.05) is 31.4 Å². The number of aryl methyl sites for hydroxylation is 1. The van der Waals surface area contributed by atoms with Crippen LogP contribution >= 0.6 is 0 Å². The summed E-state index contributed by atoms with van der Waals surface area (Å²) in [6.07, 6.45) is 10.2. The van der Waals surface area contributed by atoms with E-state index >= 15 is 0 Å². The molecule has 32 heavy (non-hydrogen) atoms. The number of anilines is 1. The van der Waals surface area contributed by atoms with Crippen LogP contribution in [0.25, 0.3) is 0 Å². The smallest absolute Gasteiger partial charge is 0.326 e. The Bertz CT molecular complexity index is 1040. The summed E-state index contributed by atoms with van der Waals surface area (Å²) < 4.78 is 13.1. The Labute approximate surface area is 189 Å². The lowest BCUT2D eigenvalue weighted by Crippen LogP contribution is -2.46. The highest BCUT2D eigenvalue weighted by atomic mass is 19.1. The minimum atomic E-state index is -0.195. The molecule has 166 valence electrons. The van der Waals surface area contributed by atoms with Gasteiger partial charge in [-0.3, -0.25) is 4.90 Å². The van der Waals surface area contributed by atoms with Gasteiger partial charge in [0.15, 0.2) is 0 Å². The molecule has 0 unspecified atom stereocenters. The van der Waals surface area contributed by atoms with Crippen LogP contribution in [0, 0.1) is 5.82 Å². The number of halogens is 1. The zero-order valence-corrected chi connectivity index (χ0v) is 18.4. The maximum atomic E-state index is 13.5. The number of carbonyl (C=O) groups excluding carboxylic acids is 1. The molecule has 1 fully saturated rings. The number of amides is 2. The van der Waals surface area contributed by atoms with Crippen molar-refractivity contribution in [1.29, 1.82) is 0 Å². The lowest BCUT2D eigenvalue weighted by Gasteiger charge is -2.29. The van der Waals surface area contributed by atoms with Crippen LogP contribution in [0.1, 0.15) is 36.8 Å². The fourth-order valence-electron chi connectivity index (χ4n) is 5.09. The molecule has 1 aliphatic carbocycles. The number of hydrogen-bond donors (Lipinski definition) is 1.